The summed E-state index contributed by atoms with van der Waals surface area (Å²) in [4.78, 5) is 14.7. The minimum absolute atomic E-state index is 0.0679. The van der Waals surface area contributed by atoms with Crippen LogP contribution in [-0.4, -0.2) is 50.3 Å². The lowest BCUT2D eigenvalue weighted by atomic mass is 10.1. The molecule has 0 saturated carbocycles. The van der Waals surface area contributed by atoms with Gasteiger partial charge in [-0.1, -0.05) is 24.3 Å². The summed E-state index contributed by atoms with van der Waals surface area (Å²) in [6.07, 6.45) is 0. The van der Waals surface area contributed by atoms with Gasteiger partial charge >= 0.3 is 0 Å². The van der Waals surface area contributed by atoms with E-state index in [1.165, 1.54) is 0 Å². The Hall–Kier alpha value is -2.37. The summed E-state index contributed by atoms with van der Waals surface area (Å²) < 4.78 is 11.0. The number of carbonyl (C=O) groups excluding carboxylic acids is 1. The van der Waals surface area contributed by atoms with Crippen molar-refractivity contribution in [3.8, 4) is 5.75 Å². The van der Waals surface area contributed by atoms with Crippen LogP contribution in [0.1, 0.15) is 21.5 Å². The lowest BCUT2D eigenvalue weighted by Crippen LogP contribution is -2.35. The average molecular weight is 354 g/mol. The molecule has 0 aromatic heterocycles. The van der Waals surface area contributed by atoms with Crippen LogP contribution >= 0.6 is 0 Å². The molecule has 2 aromatic carbocycles. The van der Waals surface area contributed by atoms with Gasteiger partial charge in [-0.15, -0.1) is 0 Å². The van der Waals surface area contributed by atoms with Gasteiger partial charge < -0.3 is 14.8 Å². The molecule has 0 radical (unpaired) electrons. The first-order valence-corrected chi connectivity index (χ1v) is 9.07. The molecule has 1 aliphatic rings. The van der Waals surface area contributed by atoms with Gasteiger partial charge in [-0.25, -0.2) is 0 Å². The summed E-state index contributed by atoms with van der Waals surface area (Å²) in [6.45, 7) is 7.23. The van der Waals surface area contributed by atoms with Crippen molar-refractivity contribution < 1.29 is 14.3 Å². The highest BCUT2D eigenvalue weighted by Crippen LogP contribution is 2.12. The summed E-state index contributed by atoms with van der Waals surface area (Å²) >= 11 is 0. The second-order valence-electron chi connectivity index (χ2n) is 6.51. The molecule has 0 atom stereocenters. The van der Waals surface area contributed by atoms with Crippen molar-refractivity contribution in [1.29, 1.82) is 0 Å². The molecule has 0 spiro atoms. The van der Waals surface area contributed by atoms with Gasteiger partial charge in [0.2, 0.25) is 0 Å². The number of carbonyl (C=O) groups is 1. The van der Waals surface area contributed by atoms with E-state index in [0.29, 0.717) is 18.7 Å². The number of aryl methyl sites for hydroxylation is 1. The van der Waals surface area contributed by atoms with E-state index < -0.39 is 0 Å². The van der Waals surface area contributed by atoms with E-state index in [4.69, 9.17) is 9.47 Å². The minimum atomic E-state index is -0.0679. The fraction of sp³-hybridized carbons (Fsp3) is 0.381. The van der Waals surface area contributed by atoms with E-state index in [2.05, 4.69) is 16.3 Å². The van der Waals surface area contributed by atoms with Crippen LogP contribution in [0, 0.1) is 6.92 Å². The van der Waals surface area contributed by atoms with E-state index in [1.54, 1.807) is 0 Å². The largest absolute Gasteiger partial charge is 0.492 e. The first kappa shape index (κ1) is 18.4. The van der Waals surface area contributed by atoms with Gasteiger partial charge in [-0.05, 0) is 42.3 Å². The molecule has 1 aliphatic heterocycles. The van der Waals surface area contributed by atoms with Crippen molar-refractivity contribution in [3.05, 3.63) is 65.2 Å². The van der Waals surface area contributed by atoms with E-state index in [0.717, 1.165) is 49.7 Å². The van der Waals surface area contributed by atoms with Gasteiger partial charge in [-0.3, -0.25) is 9.69 Å². The van der Waals surface area contributed by atoms with Gasteiger partial charge in [0.1, 0.15) is 12.4 Å². The van der Waals surface area contributed by atoms with E-state index in [-0.39, 0.29) is 5.91 Å². The normalized spacial score (nSPS) is 14.8. The first-order valence-electron chi connectivity index (χ1n) is 9.07. The van der Waals surface area contributed by atoms with Crippen LogP contribution < -0.4 is 10.1 Å². The molecule has 0 bridgehead atoms. The zero-order chi connectivity index (χ0) is 18.2. The number of hydrogen-bond acceptors (Lipinski definition) is 4. The van der Waals surface area contributed by atoms with Crippen molar-refractivity contribution in [3.63, 3.8) is 0 Å². The lowest BCUT2D eigenvalue weighted by Gasteiger charge is -2.26. The molecule has 1 saturated heterocycles. The molecule has 0 unspecified atom stereocenters. The molecule has 1 fully saturated rings. The van der Waals surface area contributed by atoms with Crippen LogP contribution in [0.2, 0.25) is 0 Å². The molecule has 1 heterocycles. The smallest absolute Gasteiger partial charge is 0.251 e. The molecule has 1 N–H and O–H groups in total. The Kier molecular flexibility index (Phi) is 6.63. The molecule has 5 nitrogen and oxygen atoms in total. The summed E-state index contributed by atoms with van der Waals surface area (Å²) in [6, 6.07) is 15.7. The highest BCUT2D eigenvalue weighted by Gasteiger charge is 2.12. The third-order valence-corrected chi connectivity index (χ3v) is 4.34. The molecule has 0 aliphatic carbocycles. The monoisotopic (exact) mass is 354 g/mol. The van der Waals surface area contributed by atoms with Crippen LogP contribution in [0.15, 0.2) is 48.5 Å². The molecule has 26 heavy (non-hydrogen) atoms. The Morgan fingerprint density at radius 2 is 1.96 bits per heavy atom. The molecule has 1 amide bonds. The Labute approximate surface area is 154 Å². The maximum atomic E-state index is 12.4. The molecule has 3 rings (SSSR count). The zero-order valence-electron chi connectivity index (χ0n) is 15.2. The van der Waals surface area contributed by atoms with Crippen molar-refractivity contribution >= 4 is 5.91 Å². The van der Waals surface area contributed by atoms with Crippen LogP contribution in [0.4, 0.5) is 0 Å². The van der Waals surface area contributed by atoms with Gasteiger partial charge in [0, 0.05) is 25.2 Å². The van der Waals surface area contributed by atoms with Crippen LogP contribution in [-0.2, 0) is 11.3 Å². The quantitative estimate of drug-likeness (QED) is 0.777. The highest BCUT2D eigenvalue weighted by atomic mass is 16.5. The SMILES string of the molecule is Cc1cccc(OCCNC(=O)c2cccc(CN3CCOCC3)c2)c1. The van der Waals surface area contributed by atoms with Crippen LogP contribution in [0.3, 0.4) is 0 Å². The van der Waals surface area contributed by atoms with Gasteiger partial charge in [0.15, 0.2) is 0 Å². The van der Waals surface area contributed by atoms with E-state index >= 15 is 0 Å². The summed E-state index contributed by atoms with van der Waals surface area (Å²) in [5.41, 5.74) is 2.99. The van der Waals surface area contributed by atoms with Crippen molar-refractivity contribution in [2.75, 3.05) is 39.5 Å². The van der Waals surface area contributed by atoms with Crippen molar-refractivity contribution in [1.82, 2.24) is 10.2 Å². The van der Waals surface area contributed by atoms with Crippen LogP contribution in [0.25, 0.3) is 0 Å². The second kappa shape index (κ2) is 9.36. The fourth-order valence-electron chi connectivity index (χ4n) is 2.97. The minimum Gasteiger partial charge on any atom is -0.492 e. The van der Waals surface area contributed by atoms with Crippen LogP contribution in [0.5, 0.6) is 5.75 Å². The zero-order valence-corrected chi connectivity index (χ0v) is 15.2. The third kappa shape index (κ3) is 5.58. The first-order chi connectivity index (χ1) is 12.7. The standard InChI is InChI=1S/C21H26N2O3/c1-17-4-2-7-20(14-17)26-11-8-22-21(24)19-6-3-5-18(15-19)16-23-9-12-25-13-10-23/h2-7,14-15H,8-13,16H2,1H3,(H,22,24). The Bertz CT molecular complexity index is 727. The fourth-order valence-corrected chi connectivity index (χ4v) is 2.97. The number of nitrogens with one attached hydrogen (secondary N) is 1. The summed E-state index contributed by atoms with van der Waals surface area (Å²) in [5.74, 6) is 0.758. The van der Waals surface area contributed by atoms with E-state index in [9.17, 15) is 4.79 Å². The summed E-state index contributed by atoms with van der Waals surface area (Å²) in [5, 5.41) is 2.92. The van der Waals surface area contributed by atoms with Crippen molar-refractivity contribution in [2.24, 2.45) is 0 Å². The topological polar surface area (TPSA) is 50.8 Å². The lowest BCUT2D eigenvalue weighted by molar-refractivity contribution is 0.0342. The molecular formula is C21H26N2O3. The molecule has 5 heteroatoms. The third-order valence-electron chi connectivity index (χ3n) is 4.34. The number of nitrogens with zero attached hydrogens (tertiary/aromatic N) is 1. The molecule has 2 aromatic rings. The number of benzene rings is 2. The molecule has 138 valence electrons. The maximum Gasteiger partial charge on any atom is 0.251 e. The number of hydrogen-bond donors (Lipinski definition) is 1. The predicted molar refractivity (Wildman–Crippen MR) is 102 cm³/mol. The highest BCUT2D eigenvalue weighted by molar-refractivity contribution is 5.94. The number of ether oxygens (including phenoxy) is 2. The van der Waals surface area contributed by atoms with E-state index in [1.807, 2.05) is 49.4 Å². The van der Waals surface area contributed by atoms with Crippen molar-refractivity contribution in [2.45, 2.75) is 13.5 Å². The summed E-state index contributed by atoms with van der Waals surface area (Å²) in [7, 11) is 0. The Balaban J connectivity index is 1.46. The number of morpholine rings is 1. The Morgan fingerprint density at radius 1 is 1.15 bits per heavy atom. The number of rotatable bonds is 7. The maximum absolute atomic E-state index is 12.4. The predicted octanol–water partition coefficient (Wildman–Crippen LogP) is 2.64. The van der Waals surface area contributed by atoms with Gasteiger partial charge in [-0.2, -0.15) is 0 Å². The van der Waals surface area contributed by atoms with Gasteiger partial charge in [0.05, 0.1) is 19.8 Å². The molecular weight excluding hydrogens is 328 g/mol. The Morgan fingerprint density at radius 3 is 2.77 bits per heavy atom. The van der Waals surface area contributed by atoms with Gasteiger partial charge in [0.25, 0.3) is 5.91 Å². The number of amides is 1. The average Bonchev–Trinajstić information content (AvgIpc) is 2.66. The second-order valence-corrected chi connectivity index (χ2v) is 6.51.